The van der Waals surface area contributed by atoms with Crippen LogP contribution in [0.4, 0.5) is 0 Å². The summed E-state index contributed by atoms with van der Waals surface area (Å²) in [4.78, 5) is 24.1. The molecule has 0 aromatic heterocycles. The zero-order chi connectivity index (χ0) is 37.4. The maximum atomic E-state index is 12.1. The van der Waals surface area contributed by atoms with Crippen LogP contribution in [0.5, 0.6) is 5.75 Å². The Morgan fingerprint density at radius 1 is 0.686 bits per heavy atom. The van der Waals surface area contributed by atoms with E-state index in [2.05, 4.69) is 81.6 Å². The molecule has 276 valence electrons. The van der Waals surface area contributed by atoms with Gasteiger partial charge in [-0.15, -0.1) is 0 Å². The maximum absolute atomic E-state index is 12.1. The molecule has 3 aromatic carbocycles. The van der Waals surface area contributed by atoms with Gasteiger partial charge in [0.25, 0.3) is 0 Å². The zero-order valence-corrected chi connectivity index (χ0v) is 31.4. The molecule has 0 spiro atoms. The summed E-state index contributed by atoms with van der Waals surface area (Å²) in [5, 5.41) is 20.0. The van der Waals surface area contributed by atoms with Gasteiger partial charge in [0.05, 0.1) is 33.0 Å². The number of carbonyl (C=O) groups excluding carboxylic acids is 2. The first-order chi connectivity index (χ1) is 24.4. The quantitative estimate of drug-likeness (QED) is 0.0615. The van der Waals surface area contributed by atoms with Crippen LogP contribution in [0.3, 0.4) is 0 Å². The Labute approximate surface area is 305 Å². The molecule has 0 fully saturated rings. The van der Waals surface area contributed by atoms with Crippen LogP contribution in [0.15, 0.2) is 78.9 Å². The van der Waals surface area contributed by atoms with Gasteiger partial charge in [-0.1, -0.05) is 89.2 Å². The third-order valence-electron chi connectivity index (χ3n) is 9.07. The van der Waals surface area contributed by atoms with Gasteiger partial charge in [0, 0.05) is 16.6 Å². The molecule has 0 radical (unpaired) electrons. The Morgan fingerprint density at radius 2 is 1.22 bits per heavy atom. The van der Waals surface area contributed by atoms with Crippen LogP contribution in [0.1, 0.15) is 89.0 Å². The van der Waals surface area contributed by atoms with Gasteiger partial charge in [0.1, 0.15) is 5.75 Å². The molecule has 7 heteroatoms. The van der Waals surface area contributed by atoms with Crippen molar-refractivity contribution in [3.05, 3.63) is 101 Å². The highest BCUT2D eigenvalue weighted by Crippen LogP contribution is 2.37. The van der Waals surface area contributed by atoms with E-state index >= 15 is 0 Å². The average Bonchev–Trinajstić information content (AvgIpc) is 3.14. The first kappa shape index (κ1) is 41.2. The Morgan fingerprint density at radius 3 is 1.71 bits per heavy atom. The number of ether oxygens (including phenoxy) is 3. The van der Waals surface area contributed by atoms with E-state index in [0.717, 1.165) is 35.1 Å². The molecule has 7 nitrogen and oxygen atoms in total. The van der Waals surface area contributed by atoms with Crippen molar-refractivity contribution in [3.63, 3.8) is 0 Å². The number of hydrogen-bond donors (Lipinski definition) is 2. The molecule has 0 saturated carbocycles. The first-order valence-electron chi connectivity index (χ1n) is 18.3. The van der Waals surface area contributed by atoms with Crippen molar-refractivity contribution < 1.29 is 34.0 Å². The van der Waals surface area contributed by atoms with Gasteiger partial charge in [0.2, 0.25) is 0 Å². The average molecular weight is 699 g/mol. The smallest absolute Gasteiger partial charge is 0.333 e. The number of hydrogen-bond acceptors (Lipinski definition) is 7. The summed E-state index contributed by atoms with van der Waals surface area (Å²) in [5.41, 5.74) is 8.78. The zero-order valence-electron chi connectivity index (χ0n) is 31.4. The lowest BCUT2D eigenvalue weighted by Gasteiger charge is -2.27. The fourth-order valence-electron chi connectivity index (χ4n) is 5.75. The van der Waals surface area contributed by atoms with Crippen LogP contribution in [0.2, 0.25) is 0 Å². The maximum Gasteiger partial charge on any atom is 0.333 e. The monoisotopic (exact) mass is 698 g/mol. The summed E-state index contributed by atoms with van der Waals surface area (Å²) in [6.07, 6.45) is 7.83. The molecule has 0 aliphatic carbocycles. The lowest BCUT2D eigenvalue weighted by Crippen LogP contribution is -2.33. The van der Waals surface area contributed by atoms with E-state index in [1.807, 2.05) is 0 Å². The van der Waals surface area contributed by atoms with Gasteiger partial charge in [-0.3, -0.25) is 0 Å². The van der Waals surface area contributed by atoms with Crippen molar-refractivity contribution in [2.75, 3.05) is 33.0 Å². The number of aryl methyl sites for hydroxylation is 4. The van der Waals surface area contributed by atoms with Crippen LogP contribution < -0.4 is 4.74 Å². The fourth-order valence-corrected chi connectivity index (χ4v) is 5.75. The van der Waals surface area contributed by atoms with E-state index in [4.69, 9.17) is 14.2 Å². The standard InChI is InChI=1S/C44H58O7/c1-8-10-11-14-33-17-19-35(20-18-33)36-21-22-40(34(9-2)25-36)39-26-37(15-12-23-49-42(47)31(3)4)41(51-30-44(7,28-45)29-46)38(27-39)16-13-24-50-43(48)32(5)6/h17-22,25-27,45-46H,3,5,8-16,23-24,28-30H2,1-2,4,6-7H3. The van der Waals surface area contributed by atoms with Crippen molar-refractivity contribution in [1.82, 2.24) is 0 Å². The van der Waals surface area contributed by atoms with Gasteiger partial charge in [-0.25, -0.2) is 9.59 Å². The van der Waals surface area contributed by atoms with Crippen molar-refractivity contribution in [2.24, 2.45) is 5.41 Å². The molecule has 51 heavy (non-hydrogen) atoms. The predicted molar refractivity (Wildman–Crippen MR) is 206 cm³/mol. The summed E-state index contributed by atoms with van der Waals surface area (Å²) in [6.45, 7) is 16.8. The summed E-state index contributed by atoms with van der Waals surface area (Å²) < 4.78 is 17.3. The second kappa shape index (κ2) is 20.6. The normalized spacial score (nSPS) is 11.3. The predicted octanol–water partition coefficient (Wildman–Crippen LogP) is 8.79. The Bertz CT molecular complexity index is 1560. The third-order valence-corrected chi connectivity index (χ3v) is 9.07. The number of rotatable bonds is 22. The molecule has 0 unspecified atom stereocenters. The third kappa shape index (κ3) is 12.5. The van der Waals surface area contributed by atoms with Crippen LogP contribution in [0.25, 0.3) is 22.3 Å². The molecule has 0 aliphatic heterocycles. The number of esters is 2. The van der Waals surface area contributed by atoms with Crippen LogP contribution >= 0.6 is 0 Å². The van der Waals surface area contributed by atoms with Crippen molar-refractivity contribution >= 4 is 11.9 Å². The van der Waals surface area contributed by atoms with E-state index < -0.39 is 17.4 Å². The highest BCUT2D eigenvalue weighted by Gasteiger charge is 2.25. The van der Waals surface area contributed by atoms with Crippen LogP contribution in [0, 0.1) is 5.41 Å². The van der Waals surface area contributed by atoms with Gasteiger partial charge >= 0.3 is 11.9 Å². The number of unbranched alkanes of at least 4 members (excludes halogenated alkanes) is 2. The van der Waals surface area contributed by atoms with Crippen LogP contribution in [-0.4, -0.2) is 55.2 Å². The molecule has 0 bridgehead atoms. The van der Waals surface area contributed by atoms with E-state index in [1.54, 1.807) is 20.8 Å². The Balaban J connectivity index is 2.04. The van der Waals surface area contributed by atoms with Gasteiger partial charge in [0.15, 0.2) is 0 Å². The molecule has 3 rings (SSSR count). The Kier molecular flexibility index (Phi) is 16.7. The minimum atomic E-state index is -0.847. The highest BCUT2D eigenvalue weighted by atomic mass is 16.5. The molecular weight excluding hydrogens is 640 g/mol. The highest BCUT2D eigenvalue weighted by molar-refractivity contribution is 5.87. The molecule has 0 amide bonds. The number of benzene rings is 3. The van der Waals surface area contributed by atoms with Crippen molar-refractivity contribution in [3.8, 4) is 28.0 Å². The second-order valence-electron chi connectivity index (χ2n) is 14.0. The van der Waals surface area contributed by atoms with E-state index in [1.165, 1.54) is 41.5 Å². The summed E-state index contributed by atoms with van der Waals surface area (Å²) in [6, 6.07) is 19.8. The van der Waals surface area contributed by atoms with Crippen molar-refractivity contribution in [2.45, 2.75) is 92.4 Å². The summed E-state index contributed by atoms with van der Waals surface area (Å²) in [5.74, 6) is -0.186. The molecule has 2 N–H and O–H groups in total. The summed E-state index contributed by atoms with van der Waals surface area (Å²) in [7, 11) is 0. The molecule has 0 atom stereocenters. The van der Waals surface area contributed by atoms with Gasteiger partial charge in [-0.05, 0) is 115 Å². The molecular formula is C44H58O7. The largest absolute Gasteiger partial charge is 0.492 e. The molecule has 0 aliphatic rings. The van der Waals surface area contributed by atoms with Gasteiger partial charge in [-0.2, -0.15) is 0 Å². The van der Waals surface area contributed by atoms with Crippen LogP contribution in [-0.2, 0) is 44.7 Å². The SMILES string of the molecule is C=C(C)C(=O)OCCCc1cc(-c2ccc(-c3ccc(CCCCC)cc3)cc2CC)cc(CCCOC(=O)C(=C)C)c1OCC(C)(CO)CO. The number of carbonyl (C=O) groups is 2. The van der Waals surface area contributed by atoms with E-state index in [0.29, 0.717) is 42.6 Å². The van der Waals surface area contributed by atoms with E-state index in [9.17, 15) is 19.8 Å². The topological polar surface area (TPSA) is 102 Å². The van der Waals surface area contributed by atoms with E-state index in [-0.39, 0.29) is 33.0 Å². The number of aliphatic hydroxyl groups is 2. The van der Waals surface area contributed by atoms with Crippen molar-refractivity contribution in [1.29, 1.82) is 0 Å². The second-order valence-corrected chi connectivity index (χ2v) is 14.0. The van der Waals surface area contributed by atoms with Gasteiger partial charge < -0.3 is 24.4 Å². The first-order valence-corrected chi connectivity index (χ1v) is 18.3. The number of aliphatic hydroxyl groups excluding tert-OH is 2. The summed E-state index contributed by atoms with van der Waals surface area (Å²) >= 11 is 0. The lowest BCUT2D eigenvalue weighted by atomic mass is 9.89. The minimum Gasteiger partial charge on any atom is -0.492 e. The molecule has 0 heterocycles. The fraction of sp³-hybridized carbons (Fsp3) is 0.455. The molecule has 3 aromatic rings. The Hall–Kier alpha value is -4.20. The molecule has 0 saturated heterocycles. The lowest BCUT2D eigenvalue weighted by molar-refractivity contribution is -0.139. The minimum absolute atomic E-state index is 0.0982.